The average Bonchev–Trinajstić information content (AvgIpc) is 2.52. The Labute approximate surface area is 80.0 Å². The van der Waals surface area contributed by atoms with Crippen molar-refractivity contribution in [2.24, 2.45) is 5.92 Å². The van der Waals surface area contributed by atoms with E-state index in [1.165, 1.54) is 0 Å². The molecule has 1 aliphatic heterocycles. The molecule has 2 unspecified atom stereocenters. The minimum atomic E-state index is 0.135. The molecule has 2 nitrogen and oxygen atoms in total. The zero-order valence-corrected chi connectivity index (χ0v) is 8.29. The van der Waals surface area contributed by atoms with Crippen molar-refractivity contribution < 1.29 is 9.53 Å². The van der Waals surface area contributed by atoms with Crippen LogP contribution in [0, 0.1) is 5.92 Å². The lowest BCUT2D eigenvalue weighted by Gasteiger charge is -2.11. The lowest BCUT2D eigenvalue weighted by Crippen LogP contribution is -2.21. The Morgan fingerprint density at radius 2 is 2.46 bits per heavy atom. The topological polar surface area (TPSA) is 26.3 Å². The number of ether oxygens (including phenoxy) is 1. The molecule has 0 spiro atoms. The van der Waals surface area contributed by atoms with Crippen LogP contribution in [0.1, 0.15) is 32.6 Å². The fraction of sp³-hybridized carbons (Fsp3) is 0.727. The van der Waals surface area contributed by atoms with Crippen molar-refractivity contribution >= 4 is 5.78 Å². The summed E-state index contributed by atoms with van der Waals surface area (Å²) < 4.78 is 5.35. The lowest BCUT2D eigenvalue weighted by atomic mass is 9.94. The third-order valence-electron chi connectivity index (χ3n) is 2.62. The van der Waals surface area contributed by atoms with E-state index in [2.05, 4.69) is 6.58 Å². The van der Waals surface area contributed by atoms with Gasteiger partial charge in [0.15, 0.2) is 0 Å². The minimum Gasteiger partial charge on any atom is -0.378 e. The number of carbonyl (C=O) groups is 1. The molecule has 0 aromatic heterocycles. The third kappa shape index (κ3) is 2.96. The highest BCUT2D eigenvalue weighted by atomic mass is 16.5. The van der Waals surface area contributed by atoms with E-state index in [0.29, 0.717) is 12.2 Å². The van der Waals surface area contributed by atoms with Crippen LogP contribution in [0.15, 0.2) is 12.7 Å². The maximum atomic E-state index is 11.6. The number of Topliss-reactive ketones (excluding diaryl/α,β-unsaturated/α-hetero) is 1. The summed E-state index contributed by atoms with van der Waals surface area (Å²) in [5.41, 5.74) is 0. The van der Waals surface area contributed by atoms with Crippen molar-refractivity contribution in [3.8, 4) is 0 Å². The van der Waals surface area contributed by atoms with E-state index in [9.17, 15) is 4.79 Å². The van der Waals surface area contributed by atoms with Crippen molar-refractivity contribution in [3.63, 3.8) is 0 Å². The molecule has 0 amide bonds. The van der Waals surface area contributed by atoms with Crippen molar-refractivity contribution in [1.82, 2.24) is 0 Å². The monoisotopic (exact) mass is 182 g/mol. The second-order valence-corrected chi connectivity index (χ2v) is 3.62. The van der Waals surface area contributed by atoms with E-state index in [-0.39, 0.29) is 12.0 Å². The lowest BCUT2D eigenvalue weighted by molar-refractivity contribution is -0.124. The minimum absolute atomic E-state index is 0.135. The first-order valence-electron chi connectivity index (χ1n) is 5.01. The number of unbranched alkanes of at least 4 members (excludes halogenated alkanes) is 1. The van der Waals surface area contributed by atoms with Crippen LogP contribution >= 0.6 is 0 Å². The van der Waals surface area contributed by atoms with Gasteiger partial charge in [0.1, 0.15) is 5.78 Å². The van der Waals surface area contributed by atoms with Crippen LogP contribution in [0.5, 0.6) is 0 Å². The molecule has 74 valence electrons. The van der Waals surface area contributed by atoms with Crippen LogP contribution in [-0.2, 0) is 9.53 Å². The first-order chi connectivity index (χ1) is 6.25. The molecule has 0 aromatic carbocycles. The summed E-state index contributed by atoms with van der Waals surface area (Å²) in [4.78, 5) is 11.6. The van der Waals surface area contributed by atoms with E-state index >= 15 is 0 Å². The van der Waals surface area contributed by atoms with Gasteiger partial charge in [0, 0.05) is 18.9 Å². The number of allylic oxidation sites excluding steroid dienone is 1. The Bertz CT molecular complexity index is 187. The van der Waals surface area contributed by atoms with Crippen molar-refractivity contribution in [1.29, 1.82) is 0 Å². The number of ketones is 1. The molecular formula is C11H18O2. The van der Waals surface area contributed by atoms with E-state index in [0.717, 1.165) is 25.9 Å². The molecule has 1 rings (SSSR count). The molecule has 0 aliphatic carbocycles. The molecule has 0 radical (unpaired) electrons. The first kappa shape index (κ1) is 10.5. The van der Waals surface area contributed by atoms with Gasteiger partial charge in [-0.15, -0.1) is 6.58 Å². The van der Waals surface area contributed by atoms with Crippen LogP contribution in [0.2, 0.25) is 0 Å². The molecule has 0 N–H and O–H groups in total. The van der Waals surface area contributed by atoms with Gasteiger partial charge in [0.25, 0.3) is 0 Å². The zero-order valence-electron chi connectivity index (χ0n) is 8.29. The maximum absolute atomic E-state index is 11.6. The molecule has 1 heterocycles. The standard InChI is InChI=1S/C11H18O2/c1-3-4-5-6-11(12)10-7-8-13-9(10)2/h3,9-10H,1,4-8H2,2H3. The average molecular weight is 182 g/mol. The normalized spacial score (nSPS) is 27.5. The van der Waals surface area contributed by atoms with Gasteiger partial charge < -0.3 is 4.74 Å². The summed E-state index contributed by atoms with van der Waals surface area (Å²) in [6.07, 6.45) is 5.47. The highest BCUT2D eigenvalue weighted by molar-refractivity contribution is 5.81. The summed E-state index contributed by atoms with van der Waals surface area (Å²) >= 11 is 0. The summed E-state index contributed by atoms with van der Waals surface area (Å²) in [6, 6.07) is 0. The zero-order chi connectivity index (χ0) is 9.68. The van der Waals surface area contributed by atoms with E-state index in [1.807, 2.05) is 13.0 Å². The SMILES string of the molecule is C=CCCCC(=O)C1CCOC1C. The smallest absolute Gasteiger partial charge is 0.138 e. The van der Waals surface area contributed by atoms with Crippen LogP contribution < -0.4 is 0 Å². The Hall–Kier alpha value is -0.630. The van der Waals surface area contributed by atoms with Gasteiger partial charge in [-0.25, -0.2) is 0 Å². The quantitative estimate of drug-likeness (QED) is 0.482. The summed E-state index contributed by atoms with van der Waals surface area (Å²) in [5.74, 6) is 0.525. The Balaban J connectivity index is 2.26. The number of hydrogen-bond donors (Lipinski definition) is 0. The molecule has 1 saturated heterocycles. The largest absolute Gasteiger partial charge is 0.378 e. The Morgan fingerprint density at radius 3 is 3.00 bits per heavy atom. The second-order valence-electron chi connectivity index (χ2n) is 3.62. The van der Waals surface area contributed by atoms with Crippen LogP contribution in [0.25, 0.3) is 0 Å². The van der Waals surface area contributed by atoms with Crippen LogP contribution in [0.3, 0.4) is 0 Å². The maximum Gasteiger partial charge on any atom is 0.138 e. The highest BCUT2D eigenvalue weighted by Gasteiger charge is 2.29. The third-order valence-corrected chi connectivity index (χ3v) is 2.62. The number of rotatable bonds is 5. The van der Waals surface area contributed by atoms with Gasteiger partial charge in [-0.05, 0) is 26.2 Å². The highest BCUT2D eigenvalue weighted by Crippen LogP contribution is 2.23. The molecule has 13 heavy (non-hydrogen) atoms. The van der Waals surface area contributed by atoms with Gasteiger partial charge in [0.05, 0.1) is 6.10 Å². The van der Waals surface area contributed by atoms with Gasteiger partial charge in [-0.3, -0.25) is 4.79 Å². The Kier molecular flexibility index (Phi) is 4.16. The summed E-state index contributed by atoms with van der Waals surface area (Å²) in [7, 11) is 0. The molecule has 0 saturated carbocycles. The van der Waals surface area contributed by atoms with Crippen molar-refractivity contribution in [2.75, 3.05) is 6.61 Å². The molecule has 2 atom stereocenters. The van der Waals surface area contributed by atoms with Gasteiger partial charge in [-0.1, -0.05) is 6.08 Å². The van der Waals surface area contributed by atoms with Gasteiger partial charge >= 0.3 is 0 Å². The summed E-state index contributed by atoms with van der Waals surface area (Å²) in [5, 5.41) is 0. The predicted octanol–water partition coefficient (Wildman–Crippen LogP) is 2.34. The number of carbonyl (C=O) groups excluding carboxylic acids is 1. The molecule has 0 bridgehead atoms. The van der Waals surface area contributed by atoms with Crippen molar-refractivity contribution in [2.45, 2.75) is 38.7 Å². The van der Waals surface area contributed by atoms with Crippen molar-refractivity contribution in [3.05, 3.63) is 12.7 Å². The molecule has 1 aliphatic rings. The predicted molar refractivity (Wildman–Crippen MR) is 52.6 cm³/mol. The fourth-order valence-corrected chi connectivity index (χ4v) is 1.76. The van der Waals surface area contributed by atoms with E-state index < -0.39 is 0 Å². The van der Waals surface area contributed by atoms with Gasteiger partial charge in [0.2, 0.25) is 0 Å². The molecular weight excluding hydrogens is 164 g/mol. The number of hydrogen-bond acceptors (Lipinski definition) is 2. The fourth-order valence-electron chi connectivity index (χ4n) is 1.76. The van der Waals surface area contributed by atoms with E-state index in [4.69, 9.17) is 4.74 Å². The summed E-state index contributed by atoms with van der Waals surface area (Å²) in [6.45, 7) is 6.37. The van der Waals surface area contributed by atoms with Crippen LogP contribution in [-0.4, -0.2) is 18.5 Å². The second kappa shape index (κ2) is 5.18. The Morgan fingerprint density at radius 1 is 1.69 bits per heavy atom. The van der Waals surface area contributed by atoms with Crippen LogP contribution in [0.4, 0.5) is 0 Å². The van der Waals surface area contributed by atoms with Gasteiger partial charge in [-0.2, -0.15) is 0 Å². The van der Waals surface area contributed by atoms with E-state index in [1.54, 1.807) is 0 Å². The molecule has 0 aromatic rings. The first-order valence-corrected chi connectivity index (χ1v) is 5.01. The molecule has 2 heteroatoms. The molecule has 1 fully saturated rings.